The summed E-state index contributed by atoms with van der Waals surface area (Å²) in [7, 11) is 0. The lowest BCUT2D eigenvalue weighted by molar-refractivity contribution is 0.647. The van der Waals surface area contributed by atoms with E-state index in [4.69, 9.17) is 19.4 Å². The van der Waals surface area contributed by atoms with Gasteiger partial charge in [-0.3, -0.25) is 0 Å². The Labute approximate surface area is 312 Å². The molecule has 0 spiro atoms. The fourth-order valence-corrected chi connectivity index (χ4v) is 8.57. The molecule has 0 radical (unpaired) electrons. The highest BCUT2D eigenvalue weighted by Crippen LogP contribution is 2.48. The number of aryl methyl sites for hydroxylation is 1. The second kappa shape index (κ2) is 12.4. The third-order valence-electron chi connectivity index (χ3n) is 11.2. The van der Waals surface area contributed by atoms with Crippen LogP contribution in [0.5, 0.6) is 0 Å². The van der Waals surface area contributed by atoms with Crippen molar-refractivity contribution in [2.24, 2.45) is 0 Å². The highest BCUT2D eigenvalue weighted by atomic mass is 16.3. The SMILES string of the molecule is c1ccc(-c2nc(-c3ccc4ccccc4c3)nc(-c3ccc4c(oc5ccccc54)c3C3CCc4cc5ccccc5cc4-c4ccccc43)n2)cc1. The highest BCUT2D eigenvalue weighted by Gasteiger charge is 2.30. The molecule has 11 rings (SSSR count). The van der Waals surface area contributed by atoms with E-state index in [2.05, 4.69) is 146 Å². The number of nitrogens with zero attached hydrogens (tertiary/aromatic N) is 3. The molecule has 2 heterocycles. The molecule has 0 saturated heterocycles. The smallest absolute Gasteiger partial charge is 0.164 e. The van der Waals surface area contributed by atoms with Gasteiger partial charge in [-0.15, -0.1) is 0 Å². The van der Waals surface area contributed by atoms with E-state index < -0.39 is 0 Å². The molecule has 254 valence electrons. The Morgan fingerprint density at radius 3 is 1.96 bits per heavy atom. The second-order valence-electron chi connectivity index (χ2n) is 14.3. The summed E-state index contributed by atoms with van der Waals surface area (Å²) >= 11 is 0. The zero-order valence-corrected chi connectivity index (χ0v) is 29.4. The number of furan rings is 1. The molecule has 1 unspecified atom stereocenters. The van der Waals surface area contributed by atoms with Crippen molar-refractivity contribution in [2.75, 3.05) is 0 Å². The Morgan fingerprint density at radius 2 is 1.11 bits per heavy atom. The molecule has 1 aliphatic rings. The van der Waals surface area contributed by atoms with Gasteiger partial charge in [-0.2, -0.15) is 0 Å². The highest BCUT2D eigenvalue weighted by molar-refractivity contribution is 6.08. The monoisotopic (exact) mass is 691 g/mol. The van der Waals surface area contributed by atoms with Gasteiger partial charge < -0.3 is 4.42 Å². The van der Waals surface area contributed by atoms with E-state index >= 15 is 0 Å². The van der Waals surface area contributed by atoms with Crippen molar-refractivity contribution in [3.63, 3.8) is 0 Å². The standard InChI is InChI=1S/C50H33N3O/c1-2-13-32(14-3-1)48-51-49(37-23-22-31-12-4-5-15-33(31)29-37)53-50(52-48)43-27-26-42-40-20-10-11-21-45(40)54-47(42)46(43)41-25-24-36-28-34-16-6-7-17-35(34)30-44(36)39-19-9-8-18-38(39)41/h1-23,26-30,41H,24-25H2. The fourth-order valence-electron chi connectivity index (χ4n) is 8.57. The van der Waals surface area contributed by atoms with Crippen LogP contribution in [0, 0.1) is 0 Å². The first kappa shape index (κ1) is 30.7. The molecule has 0 N–H and O–H groups in total. The minimum absolute atomic E-state index is 0.0111. The van der Waals surface area contributed by atoms with Gasteiger partial charge in [0.1, 0.15) is 11.2 Å². The molecule has 8 aromatic carbocycles. The summed E-state index contributed by atoms with van der Waals surface area (Å²) in [6.07, 6.45) is 1.82. The molecule has 0 bridgehead atoms. The van der Waals surface area contributed by atoms with Gasteiger partial charge in [0.05, 0.1) is 0 Å². The summed E-state index contributed by atoms with van der Waals surface area (Å²) < 4.78 is 6.90. The molecular weight excluding hydrogens is 659 g/mol. The maximum Gasteiger partial charge on any atom is 0.164 e. The summed E-state index contributed by atoms with van der Waals surface area (Å²) in [6.45, 7) is 0. The van der Waals surface area contributed by atoms with Crippen LogP contribution in [0.25, 0.3) is 88.8 Å². The maximum atomic E-state index is 6.90. The van der Waals surface area contributed by atoms with E-state index in [9.17, 15) is 0 Å². The van der Waals surface area contributed by atoms with Gasteiger partial charge in [0.15, 0.2) is 17.5 Å². The Morgan fingerprint density at radius 1 is 0.444 bits per heavy atom. The van der Waals surface area contributed by atoms with Gasteiger partial charge in [0.2, 0.25) is 0 Å². The summed E-state index contributed by atoms with van der Waals surface area (Å²) in [5, 5.41) is 7.05. The first-order valence-electron chi connectivity index (χ1n) is 18.6. The van der Waals surface area contributed by atoms with Gasteiger partial charge in [-0.1, -0.05) is 140 Å². The lowest BCUT2D eigenvalue weighted by Crippen LogP contribution is -2.07. The molecule has 1 aliphatic carbocycles. The molecule has 54 heavy (non-hydrogen) atoms. The predicted octanol–water partition coefficient (Wildman–Crippen LogP) is 12.8. The molecule has 0 saturated carbocycles. The summed E-state index contributed by atoms with van der Waals surface area (Å²) in [5.41, 5.74) is 10.9. The molecule has 1 atom stereocenters. The number of hydrogen-bond donors (Lipinski definition) is 0. The third-order valence-corrected chi connectivity index (χ3v) is 11.2. The number of aromatic nitrogens is 3. The zero-order valence-electron chi connectivity index (χ0n) is 29.4. The van der Waals surface area contributed by atoms with Crippen LogP contribution in [0.3, 0.4) is 0 Å². The molecule has 4 heteroatoms. The average Bonchev–Trinajstić information content (AvgIpc) is 3.55. The van der Waals surface area contributed by atoms with Gasteiger partial charge in [-0.05, 0) is 87.0 Å². The largest absolute Gasteiger partial charge is 0.456 e. The van der Waals surface area contributed by atoms with Crippen LogP contribution in [0.4, 0.5) is 0 Å². The minimum atomic E-state index is 0.0111. The van der Waals surface area contributed by atoms with E-state index in [1.54, 1.807) is 0 Å². The molecular formula is C50H33N3O. The van der Waals surface area contributed by atoms with Crippen LogP contribution in [0.1, 0.15) is 29.0 Å². The van der Waals surface area contributed by atoms with Crippen LogP contribution in [0.15, 0.2) is 174 Å². The van der Waals surface area contributed by atoms with E-state index in [1.807, 2.05) is 24.3 Å². The van der Waals surface area contributed by atoms with E-state index in [1.165, 1.54) is 38.4 Å². The van der Waals surface area contributed by atoms with E-state index in [0.29, 0.717) is 17.5 Å². The summed E-state index contributed by atoms with van der Waals surface area (Å²) in [4.78, 5) is 15.7. The second-order valence-corrected chi connectivity index (χ2v) is 14.3. The normalized spacial score (nSPS) is 14.0. The molecule has 4 nitrogen and oxygen atoms in total. The topological polar surface area (TPSA) is 51.8 Å². The number of fused-ring (bicyclic) bond motifs is 8. The molecule has 0 aliphatic heterocycles. The van der Waals surface area contributed by atoms with Crippen molar-refractivity contribution >= 4 is 43.5 Å². The molecule has 0 amide bonds. The zero-order chi connectivity index (χ0) is 35.6. The predicted molar refractivity (Wildman–Crippen MR) is 220 cm³/mol. The van der Waals surface area contributed by atoms with Crippen molar-refractivity contribution in [3.8, 4) is 45.3 Å². The van der Waals surface area contributed by atoms with E-state index in [0.717, 1.165) is 62.4 Å². The number of para-hydroxylation sites is 1. The molecule has 2 aromatic heterocycles. The quantitative estimate of drug-likeness (QED) is 0.184. The third kappa shape index (κ3) is 5.02. The molecule has 10 aromatic rings. The summed E-state index contributed by atoms with van der Waals surface area (Å²) in [6, 6.07) is 60.2. The number of hydrogen-bond acceptors (Lipinski definition) is 4. The van der Waals surface area contributed by atoms with Gasteiger partial charge in [0, 0.05) is 38.9 Å². The Bertz CT molecular complexity index is 3070. The van der Waals surface area contributed by atoms with Gasteiger partial charge >= 0.3 is 0 Å². The van der Waals surface area contributed by atoms with Crippen molar-refractivity contribution < 1.29 is 4.42 Å². The Balaban J connectivity index is 1.18. The van der Waals surface area contributed by atoms with Crippen LogP contribution in [-0.2, 0) is 6.42 Å². The summed E-state index contributed by atoms with van der Waals surface area (Å²) in [5.74, 6) is 1.92. The average molecular weight is 692 g/mol. The van der Waals surface area contributed by atoms with Crippen LogP contribution in [-0.4, -0.2) is 15.0 Å². The molecule has 0 fully saturated rings. The lowest BCUT2D eigenvalue weighted by atomic mass is 9.82. The van der Waals surface area contributed by atoms with Gasteiger partial charge in [0.25, 0.3) is 0 Å². The first-order valence-corrected chi connectivity index (χ1v) is 18.6. The fraction of sp³-hybridized carbons (Fsp3) is 0.0600. The number of benzene rings is 8. The van der Waals surface area contributed by atoms with Crippen molar-refractivity contribution in [1.82, 2.24) is 15.0 Å². The first-order chi connectivity index (χ1) is 26.7. The maximum absolute atomic E-state index is 6.90. The lowest BCUT2D eigenvalue weighted by Gasteiger charge is -2.22. The Kier molecular flexibility index (Phi) is 7.02. The number of rotatable bonds is 4. The van der Waals surface area contributed by atoms with Crippen LogP contribution in [0.2, 0.25) is 0 Å². The Hall–Kier alpha value is -6.91. The minimum Gasteiger partial charge on any atom is -0.456 e. The van der Waals surface area contributed by atoms with Crippen molar-refractivity contribution in [2.45, 2.75) is 18.8 Å². The van der Waals surface area contributed by atoms with Crippen molar-refractivity contribution in [1.29, 1.82) is 0 Å². The van der Waals surface area contributed by atoms with Crippen LogP contribution >= 0.6 is 0 Å². The van der Waals surface area contributed by atoms with Crippen LogP contribution < -0.4 is 0 Å². The van der Waals surface area contributed by atoms with Crippen molar-refractivity contribution in [3.05, 3.63) is 187 Å². The van der Waals surface area contributed by atoms with Gasteiger partial charge in [-0.25, -0.2) is 15.0 Å². The van der Waals surface area contributed by atoms with E-state index in [-0.39, 0.29) is 5.92 Å².